The maximum absolute atomic E-state index is 11.5. The Hall–Kier alpha value is -3.60. The molecule has 25 heavy (non-hydrogen) atoms. The van der Waals surface area contributed by atoms with Gasteiger partial charge in [0.1, 0.15) is 12.3 Å². The molecule has 0 spiro atoms. The standard InChI is InChI=1S/C17H14N4O4/c18-10-12-4-5-15(16(9-12)21(23)24)19-14-3-1-2-13(8-14)11-20-6-7-25-17(20)22/h1-5,8-9,19H,6-7,11H2. The number of amides is 1. The Labute approximate surface area is 143 Å². The molecule has 126 valence electrons. The summed E-state index contributed by atoms with van der Waals surface area (Å²) in [5.74, 6) is 0. The number of nitriles is 1. The Morgan fingerprint density at radius 1 is 1.32 bits per heavy atom. The highest BCUT2D eigenvalue weighted by Crippen LogP contribution is 2.29. The summed E-state index contributed by atoms with van der Waals surface area (Å²) in [6.45, 7) is 1.33. The molecule has 0 aliphatic carbocycles. The molecule has 2 aromatic rings. The predicted molar refractivity (Wildman–Crippen MR) is 89.3 cm³/mol. The largest absolute Gasteiger partial charge is 0.448 e. The minimum atomic E-state index is -0.534. The zero-order chi connectivity index (χ0) is 17.8. The summed E-state index contributed by atoms with van der Waals surface area (Å²) >= 11 is 0. The first-order valence-electron chi connectivity index (χ1n) is 7.53. The van der Waals surface area contributed by atoms with Crippen LogP contribution in [0.1, 0.15) is 11.1 Å². The van der Waals surface area contributed by atoms with Gasteiger partial charge in [0.25, 0.3) is 5.69 Å². The van der Waals surface area contributed by atoms with E-state index < -0.39 is 4.92 Å². The highest BCUT2D eigenvalue weighted by molar-refractivity contribution is 5.72. The molecule has 1 N–H and O–H groups in total. The third kappa shape index (κ3) is 3.67. The van der Waals surface area contributed by atoms with Crippen LogP contribution in [0.25, 0.3) is 0 Å². The van der Waals surface area contributed by atoms with Crippen molar-refractivity contribution < 1.29 is 14.5 Å². The smallest absolute Gasteiger partial charge is 0.410 e. The Balaban J connectivity index is 1.82. The lowest BCUT2D eigenvalue weighted by Gasteiger charge is -2.14. The molecule has 1 saturated heterocycles. The van der Waals surface area contributed by atoms with Crippen LogP contribution in [0.4, 0.5) is 21.9 Å². The van der Waals surface area contributed by atoms with Crippen LogP contribution in [0.3, 0.4) is 0 Å². The molecule has 1 heterocycles. The van der Waals surface area contributed by atoms with Gasteiger partial charge in [-0.2, -0.15) is 5.26 Å². The topological polar surface area (TPSA) is 109 Å². The average Bonchev–Trinajstić information content (AvgIpc) is 3.00. The van der Waals surface area contributed by atoms with E-state index in [-0.39, 0.29) is 17.3 Å². The van der Waals surface area contributed by atoms with Crippen molar-refractivity contribution in [1.82, 2.24) is 4.90 Å². The number of rotatable bonds is 5. The number of nitrogens with one attached hydrogen (secondary N) is 1. The third-order valence-corrected chi connectivity index (χ3v) is 3.75. The van der Waals surface area contributed by atoms with Gasteiger partial charge in [-0.15, -0.1) is 0 Å². The lowest BCUT2D eigenvalue weighted by Crippen LogP contribution is -2.23. The zero-order valence-electron chi connectivity index (χ0n) is 13.1. The van der Waals surface area contributed by atoms with Crippen molar-refractivity contribution in [3.05, 3.63) is 63.7 Å². The Kier molecular flexibility index (Phi) is 4.48. The SMILES string of the molecule is N#Cc1ccc(Nc2cccc(CN3CCOC3=O)c2)c([N+](=O)[O-])c1. The number of benzene rings is 2. The van der Waals surface area contributed by atoms with Crippen LogP contribution >= 0.6 is 0 Å². The molecule has 1 aliphatic rings. The predicted octanol–water partition coefficient (Wildman–Crippen LogP) is 3.16. The van der Waals surface area contributed by atoms with E-state index in [2.05, 4.69) is 5.32 Å². The molecule has 1 aliphatic heterocycles. The fraction of sp³-hybridized carbons (Fsp3) is 0.176. The number of nitro benzene ring substituents is 1. The second-order valence-corrected chi connectivity index (χ2v) is 5.46. The fourth-order valence-corrected chi connectivity index (χ4v) is 2.55. The second kappa shape index (κ2) is 6.88. The lowest BCUT2D eigenvalue weighted by molar-refractivity contribution is -0.383. The number of carbonyl (C=O) groups excluding carboxylic acids is 1. The minimum absolute atomic E-state index is 0.174. The minimum Gasteiger partial charge on any atom is -0.448 e. The molecule has 8 heteroatoms. The van der Waals surface area contributed by atoms with E-state index >= 15 is 0 Å². The van der Waals surface area contributed by atoms with Gasteiger partial charge in [0.15, 0.2) is 0 Å². The summed E-state index contributed by atoms with van der Waals surface area (Å²) < 4.78 is 4.90. The van der Waals surface area contributed by atoms with Crippen LogP contribution in [0.15, 0.2) is 42.5 Å². The summed E-state index contributed by atoms with van der Waals surface area (Å²) in [5, 5.41) is 23.1. The van der Waals surface area contributed by atoms with E-state index in [1.165, 1.54) is 18.2 Å². The molecule has 0 saturated carbocycles. The van der Waals surface area contributed by atoms with Crippen molar-refractivity contribution in [2.24, 2.45) is 0 Å². The van der Waals surface area contributed by atoms with Gasteiger partial charge in [0.2, 0.25) is 0 Å². The monoisotopic (exact) mass is 338 g/mol. The van der Waals surface area contributed by atoms with Crippen molar-refractivity contribution in [3.8, 4) is 6.07 Å². The number of hydrogen-bond acceptors (Lipinski definition) is 6. The molecule has 3 rings (SSSR count). The van der Waals surface area contributed by atoms with Gasteiger partial charge < -0.3 is 15.0 Å². The fourth-order valence-electron chi connectivity index (χ4n) is 2.55. The first-order valence-corrected chi connectivity index (χ1v) is 7.53. The van der Waals surface area contributed by atoms with E-state index in [0.29, 0.717) is 31.1 Å². The molecule has 0 bridgehead atoms. The summed E-state index contributed by atoms with van der Waals surface area (Å²) in [4.78, 5) is 23.8. The lowest BCUT2D eigenvalue weighted by atomic mass is 10.1. The summed E-state index contributed by atoms with van der Waals surface area (Å²) in [5.41, 5.74) is 1.87. The van der Waals surface area contributed by atoms with E-state index in [0.717, 1.165) is 5.56 Å². The van der Waals surface area contributed by atoms with E-state index in [1.54, 1.807) is 17.0 Å². The first-order chi connectivity index (χ1) is 12.1. The number of nitro groups is 1. The Morgan fingerprint density at radius 3 is 2.84 bits per heavy atom. The van der Waals surface area contributed by atoms with Crippen molar-refractivity contribution in [1.29, 1.82) is 5.26 Å². The first kappa shape index (κ1) is 16.3. The van der Waals surface area contributed by atoms with Gasteiger partial charge in [-0.1, -0.05) is 12.1 Å². The maximum Gasteiger partial charge on any atom is 0.410 e. The van der Waals surface area contributed by atoms with Gasteiger partial charge in [-0.05, 0) is 29.8 Å². The maximum atomic E-state index is 11.5. The number of anilines is 2. The van der Waals surface area contributed by atoms with Crippen LogP contribution in [0.5, 0.6) is 0 Å². The number of cyclic esters (lactones) is 1. The van der Waals surface area contributed by atoms with Crippen LogP contribution < -0.4 is 5.32 Å². The number of ether oxygens (including phenoxy) is 1. The highest BCUT2D eigenvalue weighted by atomic mass is 16.6. The van der Waals surface area contributed by atoms with Gasteiger partial charge in [0.05, 0.1) is 23.1 Å². The number of nitrogens with zero attached hydrogens (tertiary/aromatic N) is 3. The quantitative estimate of drug-likeness (QED) is 0.662. The van der Waals surface area contributed by atoms with Crippen molar-refractivity contribution >= 4 is 23.2 Å². The second-order valence-electron chi connectivity index (χ2n) is 5.46. The van der Waals surface area contributed by atoms with Crippen LogP contribution in [-0.2, 0) is 11.3 Å². The Bertz CT molecular complexity index is 875. The molecule has 8 nitrogen and oxygen atoms in total. The molecule has 0 aromatic heterocycles. The zero-order valence-corrected chi connectivity index (χ0v) is 13.1. The van der Waals surface area contributed by atoms with E-state index in [1.807, 2.05) is 18.2 Å². The summed E-state index contributed by atoms with van der Waals surface area (Å²) in [6, 6.07) is 13.4. The molecule has 0 unspecified atom stereocenters. The van der Waals surface area contributed by atoms with Gasteiger partial charge >= 0.3 is 6.09 Å². The van der Waals surface area contributed by atoms with Crippen molar-refractivity contribution in [2.75, 3.05) is 18.5 Å². The average molecular weight is 338 g/mol. The number of hydrogen-bond donors (Lipinski definition) is 1. The Morgan fingerprint density at radius 2 is 2.16 bits per heavy atom. The van der Waals surface area contributed by atoms with Crippen LogP contribution in [0, 0.1) is 21.4 Å². The van der Waals surface area contributed by atoms with Crippen LogP contribution in [0.2, 0.25) is 0 Å². The van der Waals surface area contributed by atoms with E-state index in [4.69, 9.17) is 10.00 Å². The molecular weight excluding hydrogens is 324 g/mol. The normalized spacial score (nSPS) is 13.2. The molecule has 0 radical (unpaired) electrons. The van der Waals surface area contributed by atoms with Crippen LogP contribution in [-0.4, -0.2) is 29.1 Å². The summed E-state index contributed by atoms with van der Waals surface area (Å²) in [7, 11) is 0. The third-order valence-electron chi connectivity index (χ3n) is 3.75. The number of carbonyl (C=O) groups is 1. The highest BCUT2D eigenvalue weighted by Gasteiger charge is 2.22. The van der Waals surface area contributed by atoms with Gasteiger partial charge in [0, 0.05) is 18.3 Å². The molecular formula is C17H14N4O4. The van der Waals surface area contributed by atoms with Gasteiger partial charge in [-0.25, -0.2) is 4.79 Å². The summed E-state index contributed by atoms with van der Waals surface area (Å²) in [6.07, 6.45) is -0.346. The molecule has 1 amide bonds. The molecule has 0 atom stereocenters. The van der Waals surface area contributed by atoms with Crippen molar-refractivity contribution in [2.45, 2.75) is 6.54 Å². The molecule has 1 fully saturated rings. The molecule has 2 aromatic carbocycles. The van der Waals surface area contributed by atoms with Gasteiger partial charge in [-0.3, -0.25) is 10.1 Å². The van der Waals surface area contributed by atoms with Crippen molar-refractivity contribution in [3.63, 3.8) is 0 Å². The van der Waals surface area contributed by atoms with E-state index in [9.17, 15) is 14.9 Å².